The van der Waals surface area contributed by atoms with Crippen LogP contribution in [0.3, 0.4) is 0 Å². The van der Waals surface area contributed by atoms with Crippen LogP contribution in [0.2, 0.25) is 0 Å². The van der Waals surface area contributed by atoms with E-state index < -0.39 is 11.9 Å². The van der Waals surface area contributed by atoms with Crippen LogP contribution in [0.25, 0.3) is 0 Å². The van der Waals surface area contributed by atoms with Crippen molar-refractivity contribution in [2.75, 3.05) is 0 Å². The fourth-order valence-electron chi connectivity index (χ4n) is 4.69. The maximum Gasteiger partial charge on any atom is 0.314 e. The summed E-state index contributed by atoms with van der Waals surface area (Å²) in [5.41, 5.74) is 0. The second kappa shape index (κ2) is 30.6. The molecule has 39 heavy (non-hydrogen) atoms. The number of allylic oxidation sites excluding steroid dienone is 8. The van der Waals surface area contributed by atoms with Gasteiger partial charge in [0, 0.05) is 6.42 Å². The van der Waals surface area contributed by atoms with Crippen LogP contribution in [0.15, 0.2) is 48.6 Å². The Kier molecular flexibility index (Phi) is 29.1. The number of Topliss-reactive ketones (excluding diaryl/α,β-unsaturated/α-hetero) is 1. The number of ketones is 1. The zero-order chi connectivity index (χ0) is 28.7. The molecule has 3 nitrogen and oxygen atoms in total. The average Bonchev–Trinajstić information content (AvgIpc) is 2.92. The van der Waals surface area contributed by atoms with Gasteiger partial charge >= 0.3 is 5.97 Å². The first kappa shape index (κ1) is 37.1. The summed E-state index contributed by atoms with van der Waals surface area (Å²) in [4.78, 5) is 24.1. The van der Waals surface area contributed by atoms with Crippen LogP contribution in [-0.2, 0) is 9.59 Å². The summed E-state index contributed by atoms with van der Waals surface area (Å²) in [6.45, 7) is 4.47. The van der Waals surface area contributed by atoms with Gasteiger partial charge in [-0.3, -0.25) is 9.59 Å². The lowest BCUT2D eigenvalue weighted by Gasteiger charge is -2.11. The first-order valence-corrected chi connectivity index (χ1v) is 16.5. The Hall–Kier alpha value is -1.90. The first-order valence-electron chi connectivity index (χ1n) is 16.5. The van der Waals surface area contributed by atoms with Crippen molar-refractivity contribution in [3.05, 3.63) is 48.6 Å². The zero-order valence-corrected chi connectivity index (χ0v) is 25.7. The van der Waals surface area contributed by atoms with Crippen molar-refractivity contribution in [1.29, 1.82) is 0 Å². The topological polar surface area (TPSA) is 54.4 Å². The van der Waals surface area contributed by atoms with Crippen LogP contribution < -0.4 is 0 Å². The summed E-state index contributed by atoms with van der Waals surface area (Å²) >= 11 is 0. The van der Waals surface area contributed by atoms with Crippen molar-refractivity contribution in [2.24, 2.45) is 5.92 Å². The maximum absolute atomic E-state index is 12.5. The lowest BCUT2D eigenvalue weighted by molar-refractivity contribution is -0.146. The second-order valence-corrected chi connectivity index (χ2v) is 11.0. The molecule has 3 heteroatoms. The van der Waals surface area contributed by atoms with Crippen LogP contribution in [-0.4, -0.2) is 16.9 Å². The molecule has 1 unspecified atom stereocenters. The molecule has 0 aliphatic rings. The molecule has 0 amide bonds. The third kappa shape index (κ3) is 27.5. The normalized spacial score (nSPS) is 13.0. The van der Waals surface area contributed by atoms with Gasteiger partial charge < -0.3 is 5.11 Å². The van der Waals surface area contributed by atoms with Gasteiger partial charge in [-0.15, -0.1) is 0 Å². The van der Waals surface area contributed by atoms with Gasteiger partial charge in [0.2, 0.25) is 0 Å². The summed E-state index contributed by atoms with van der Waals surface area (Å²) < 4.78 is 0. The molecule has 1 atom stereocenters. The van der Waals surface area contributed by atoms with E-state index in [0.29, 0.717) is 12.8 Å². The van der Waals surface area contributed by atoms with Gasteiger partial charge in [0.25, 0.3) is 0 Å². The predicted molar refractivity (Wildman–Crippen MR) is 170 cm³/mol. The van der Waals surface area contributed by atoms with E-state index in [1.807, 2.05) is 0 Å². The Morgan fingerprint density at radius 1 is 0.513 bits per heavy atom. The third-order valence-corrected chi connectivity index (χ3v) is 7.25. The molecule has 0 saturated carbocycles. The van der Waals surface area contributed by atoms with Gasteiger partial charge in [-0.1, -0.05) is 127 Å². The van der Waals surface area contributed by atoms with Gasteiger partial charge in [-0.2, -0.15) is 0 Å². The number of aliphatic carboxylic acids is 1. The molecule has 0 aliphatic heterocycles. The third-order valence-electron chi connectivity index (χ3n) is 7.25. The molecule has 0 radical (unpaired) electrons. The number of rotatable bonds is 29. The Morgan fingerprint density at radius 2 is 0.897 bits per heavy atom. The molecule has 0 saturated heterocycles. The SMILES string of the molecule is CCCCCC=CCC=CCCCCCCCC(=O)C(CCCCCC/C=C\C/C=C\CCCCC)C(=O)O. The van der Waals surface area contributed by atoms with Crippen molar-refractivity contribution < 1.29 is 14.7 Å². The fourth-order valence-corrected chi connectivity index (χ4v) is 4.69. The highest BCUT2D eigenvalue weighted by atomic mass is 16.4. The molecule has 0 rings (SSSR count). The summed E-state index contributed by atoms with van der Waals surface area (Å²) in [5, 5.41) is 9.53. The summed E-state index contributed by atoms with van der Waals surface area (Å²) in [7, 11) is 0. The molecule has 0 bridgehead atoms. The minimum Gasteiger partial charge on any atom is -0.481 e. The summed E-state index contributed by atoms with van der Waals surface area (Å²) in [6.07, 6.45) is 42.9. The molecule has 1 N–H and O–H groups in total. The minimum atomic E-state index is -0.937. The highest BCUT2D eigenvalue weighted by molar-refractivity contribution is 5.98. The van der Waals surface area contributed by atoms with Crippen LogP contribution in [0.4, 0.5) is 0 Å². The van der Waals surface area contributed by atoms with Crippen LogP contribution in [0.5, 0.6) is 0 Å². The van der Waals surface area contributed by atoms with Gasteiger partial charge in [-0.25, -0.2) is 0 Å². The fraction of sp³-hybridized carbons (Fsp3) is 0.722. The summed E-state index contributed by atoms with van der Waals surface area (Å²) in [6, 6.07) is 0. The van der Waals surface area contributed by atoms with Gasteiger partial charge in [0.05, 0.1) is 0 Å². The Bertz CT molecular complexity index is 671. The molecule has 0 aromatic heterocycles. The quantitative estimate of drug-likeness (QED) is 0.0581. The van der Waals surface area contributed by atoms with Crippen molar-refractivity contribution in [2.45, 2.75) is 162 Å². The van der Waals surface area contributed by atoms with Crippen molar-refractivity contribution in [3.63, 3.8) is 0 Å². The van der Waals surface area contributed by atoms with E-state index in [-0.39, 0.29) is 5.78 Å². The van der Waals surface area contributed by atoms with Crippen LogP contribution in [0.1, 0.15) is 162 Å². The Morgan fingerprint density at radius 3 is 1.33 bits per heavy atom. The molecule has 0 aromatic carbocycles. The standard InChI is InChI=1S/C36H62O3/c1-3-5-7-9-11-13-15-17-19-21-23-25-27-29-31-33-35(37)34(36(38)39)32-30-28-26-24-22-20-18-16-14-12-10-8-6-4-2/h11-14,17-20,34H,3-10,15-16,21-33H2,1-2H3,(H,38,39)/b13-11?,14-12-,19-17?,20-18-. The molecule has 0 aromatic rings. The van der Waals surface area contributed by atoms with E-state index in [4.69, 9.17) is 0 Å². The van der Waals surface area contributed by atoms with E-state index in [2.05, 4.69) is 62.5 Å². The number of carbonyl (C=O) groups is 2. The van der Waals surface area contributed by atoms with E-state index in [1.165, 1.54) is 64.2 Å². The van der Waals surface area contributed by atoms with E-state index >= 15 is 0 Å². The van der Waals surface area contributed by atoms with E-state index in [1.54, 1.807) is 0 Å². The average molecular weight is 543 g/mol. The van der Waals surface area contributed by atoms with Gasteiger partial charge in [0.15, 0.2) is 0 Å². The van der Waals surface area contributed by atoms with E-state index in [9.17, 15) is 14.7 Å². The lowest BCUT2D eigenvalue weighted by Crippen LogP contribution is -2.23. The number of carboxylic acids is 1. The second-order valence-electron chi connectivity index (χ2n) is 11.0. The molecular formula is C36H62O3. The maximum atomic E-state index is 12.5. The Labute approximate surface area is 242 Å². The zero-order valence-electron chi connectivity index (χ0n) is 25.7. The highest BCUT2D eigenvalue weighted by Gasteiger charge is 2.24. The molecule has 224 valence electrons. The smallest absolute Gasteiger partial charge is 0.314 e. The Balaban J connectivity index is 3.72. The number of unbranched alkanes of at least 4 members (excludes halogenated alkanes) is 15. The van der Waals surface area contributed by atoms with Crippen molar-refractivity contribution in [3.8, 4) is 0 Å². The molecular weight excluding hydrogens is 480 g/mol. The minimum absolute atomic E-state index is 0.0705. The van der Waals surface area contributed by atoms with Crippen molar-refractivity contribution in [1.82, 2.24) is 0 Å². The number of carbonyl (C=O) groups excluding carboxylic acids is 1. The van der Waals surface area contributed by atoms with Crippen molar-refractivity contribution >= 4 is 11.8 Å². The van der Waals surface area contributed by atoms with Gasteiger partial charge in [-0.05, 0) is 77.0 Å². The monoisotopic (exact) mass is 542 g/mol. The number of carboxylic acid groups (broad SMARTS) is 1. The first-order chi connectivity index (χ1) is 19.1. The number of hydrogen-bond acceptors (Lipinski definition) is 2. The van der Waals surface area contributed by atoms with Crippen LogP contribution in [0, 0.1) is 5.92 Å². The molecule has 0 spiro atoms. The van der Waals surface area contributed by atoms with E-state index in [0.717, 1.165) is 70.6 Å². The number of hydrogen-bond donors (Lipinski definition) is 1. The summed E-state index contributed by atoms with van der Waals surface area (Å²) in [5.74, 6) is -1.81. The molecule has 0 fully saturated rings. The predicted octanol–water partition coefficient (Wildman–Crippen LogP) is 11.5. The molecule has 0 aliphatic carbocycles. The lowest BCUT2D eigenvalue weighted by atomic mass is 9.93. The largest absolute Gasteiger partial charge is 0.481 e. The highest BCUT2D eigenvalue weighted by Crippen LogP contribution is 2.17. The van der Waals surface area contributed by atoms with Gasteiger partial charge in [0.1, 0.15) is 11.7 Å². The molecule has 0 heterocycles. The van der Waals surface area contributed by atoms with Crippen LogP contribution >= 0.6 is 0 Å².